The van der Waals surface area contributed by atoms with E-state index in [4.69, 9.17) is 33.0 Å². The van der Waals surface area contributed by atoms with Crippen molar-refractivity contribution in [2.24, 2.45) is 0 Å². The van der Waals surface area contributed by atoms with E-state index in [1.54, 1.807) is 6.92 Å². The van der Waals surface area contributed by atoms with Gasteiger partial charge in [-0.15, -0.1) is 0 Å². The van der Waals surface area contributed by atoms with Crippen LogP contribution in [0, 0.1) is 6.92 Å². The molecule has 0 saturated carbocycles. The zero-order valence-corrected chi connectivity index (χ0v) is 12.2. The lowest BCUT2D eigenvalue weighted by molar-refractivity contribution is 0.0696. The quantitative estimate of drug-likeness (QED) is 0.899. The molecular formula is C15H12Cl2O3. The predicted molar refractivity (Wildman–Crippen MR) is 78.9 cm³/mol. The third-order valence-electron chi connectivity index (χ3n) is 2.88. The van der Waals surface area contributed by atoms with Crippen LogP contribution in [0.5, 0.6) is 5.75 Å². The Balaban J connectivity index is 2.29. The zero-order chi connectivity index (χ0) is 14.7. The predicted octanol–water partition coefficient (Wildman–Crippen LogP) is 4.58. The van der Waals surface area contributed by atoms with Gasteiger partial charge < -0.3 is 9.84 Å². The summed E-state index contributed by atoms with van der Waals surface area (Å²) in [6.45, 7) is 1.93. The molecule has 5 heteroatoms. The summed E-state index contributed by atoms with van der Waals surface area (Å²) in [4.78, 5) is 11.1. The van der Waals surface area contributed by atoms with E-state index >= 15 is 0 Å². The Morgan fingerprint density at radius 3 is 2.50 bits per heavy atom. The normalized spacial score (nSPS) is 10.3. The van der Waals surface area contributed by atoms with E-state index in [0.717, 1.165) is 5.56 Å². The number of hydrogen-bond donors (Lipinski definition) is 1. The second-order valence-electron chi connectivity index (χ2n) is 4.25. The standard InChI is InChI=1S/C15H12Cl2O3/c1-9-11(15(18)19)7-12(16)14(13(9)17)20-8-10-5-3-2-4-6-10/h2-7H,8H2,1H3,(H,18,19). The van der Waals surface area contributed by atoms with E-state index in [-0.39, 0.29) is 15.6 Å². The van der Waals surface area contributed by atoms with Crippen LogP contribution >= 0.6 is 23.2 Å². The number of halogens is 2. The lowest BCUT2D eigenvalue weighted by atomic mass is 10.1. The summed E-state index contributed by atoms with van der Waals surface area (Å²) in [7, 11) is 0. The topological polar surface area (TPSA) is 46.5 Å². The largest absolute Gasteiger partial charge is 0.486 e. The van der Waals surface area contributed by atoms with Crippen molar-refractivity contribution in [3.63, 3.8) is 0 Å². The van der Waals surface area contributed by atoms with E-state index < -0.39 is 5.97 Å². The molecule has 104 valence electrons. The van der Waals surface area contributed by atoms with Crippen LogP contribution in [-0.2, 0) is 6.61 Å². The third kappa shape index (κ3) is 3.06. The summed E-state index contributed by atoms with van der Waals surface area (Å²) in [5.41, 5.74) is 1.48. The minimum Gasteiger partial charge on any atom is -0.486 e. The number of carboxylic acid groups (broad SMARTS) is 1. The van der Waals surface area contributed by atoms with Crippen molar-refractivity contribution >= 4 is 29.2 Å². The molecule has 0 bridgehead atoms. The van der Waals surface area contributed by atoms with Crippen LogP contribution in [0.15, 0.2) is 36.4 Å². The third-order valence-corrected chi connectivity index (χ3v) is 3.61. The summed E-state index contributed by atoms with van der Waals surface area (Å²) in [6, 6.07) is 10.9. The van der Waals surface area contributed by atoms with Crippen molar-refractivity contribution in [3.05, 3.63) is 63.1 Å². The van der Waals surface area contributed by atoms with Gasteiger partial charge in [-0.2, -0.15) is 0 Å². The number of hydrogen-bond acceptors (Lipinski definition) is 2. The first-order valence-corrected chi connectivity index (χ1v) is 6.65. The average Bonchev–Trinajstić information content (AvgIpc) is 2.43. The Kier molecular flexibility index (Phi) is 4.53. The van der Waals surface area contributed by atoms with E-state index in [1.807, 2.05) is 30.3 Å². The fourth-order valence-corrected chi connectivity index (χ4v) is 2.34. The first-order chi connectivity index (χ1) is 9.50. The molecule has 2 aromatic carbocycles. The van der Waals surface area contributed by atoms with Gasteiger partial charge in [0, 0.05) is 0 Å². The van der Waals surface area contributed by atoms with Crippen molar-refractivity contribution in [3.8, 4) is 5.75 Å². The molecule has 2 aromatic rings. The number of carbonyl (C=O) groups is 1. The van der Waals surface area contributed by atoms with Crippen LogP contribution < -0.4 is 4.74 Å². The SMILES string of the molecule is Cc1c(C(=O)O)cc(Cl)c(OCc2ccccc2)c1Cl. The minimum absolute atomic E-state index is 0.0760. The van der Waals surface area contributed by atoms with Crippen LogP contribution in [0.2, 0.25) is 10.0 Å². The van der Waals surface area contributed by atoms with Crippen molar-refractivity contribution in [1.29, 1.82) is 0 Å². The summed E-state index contributed by atoms with van der Waals surface area (Å²) in [5, 5.41) is 9.47. The first-order valence-electron chi connectivity index (χ1n) is 5.89. The molecule has 0 aliphatic carbocycles. The Labute approximate surface area is 126 Å². The molecule has 0 aliphatic heterocycles. The number of rotatable bonds is 4. The second kappa shape index (κ2) is 6.16. The van der Waals surface area contributed by atoms with Crippen molar-refractivity contribution < 1.29 is 14.6 Å². The molecule has 0 amide bonds. The van der Waals surface area contributed by atoms with Crippen molar-refractivity contribution in [2.75, 3.05) is 0 Å². The van der Waals surface area contributed by atoms with E-state index in [0.29, 0.717) is 17.9 Å². The molecule has 0 unspecified atom stereocenters. The molecule has 0 aromatic heterocycles. The van der Waals surface area contributed by atoms with Gasteiger partial charge in [-0.3, -0.25) is 0 Å². The van der Waals surface area contributed by atoms with E-state index in [2.05, 4.69) is 0 Å². The smallest absolute Gasteiger partial charge is 0.336 e. The van der Waals surface area contributed by atoms with Gasteiger partial charge in [0.15, 0.2) is 5.75 Å². The zero-order valence-electron chi connectivity index (χ0n) is 10.7. The van der Waals surface area contributed by atoms with Gasteiger partial charge in [0.25, 0.3) is 0 Å². The Morgan fingerprint density at radius 1 is 1.25 bits per heavy atom. The van der Waals surface area contributed by atoms with Gasteiger partial charge in [-0.05, 0) is 24.1 Å². The van der Waals surface area contributed by atoms with Gasteiger partial charge in [0.1, 0.15) is 6.61 Å². The van der Waals surface area contributed by atoms with Crippen molar-refractivity contribution in [1.82, 2.24) is 0 Å². The van der Waals surface area contributed by atoms with Crippen LogP contribution in [0.1, 0.15) is 21.5 Å². The van der Waals surface area contributed by atoms with Gasteiger partial charge >= 0.3 is 5.97 Å². The molecule has 0 fully saturated rings. The molecule has 1 N–H and O–H groups in total. The van der Waals surface area contributed by atoms with Crippen LogP contribution in [0.3, 0.4) is 0 Å². The lowest BCUT2D eigenvalue weighted by Gasteiger charge is -2.13. The maximum absolute atomic E-state index is 11.1. The van der Waals surface area contributed by atoms with Crippen molar-refractivity contribution in [2.45, 2.75) is 13.5 Å². The van der Waals surface area contributed by atoms with E-state index in [9.17, 15) is 4.79 Å². The molecular weight excluding hydrogens is 299 g/mol. The Morgan fingerprint density at radius 2 is 1.90 bits per heavy atom. The Bertz CT molecular complexity index is 639. The molecule has 0 spiro atoms. The lowest BCUT2D eigenvalue weighted by Crippen LogP contribution is -2.03. The van der Waals surface area contributed by atoms with Gasteiger partial charge in [0.05, 0.1) is 15.6 Å². The maximum atomic E-state index is 11.1. The van der Waals surface area contributed by atoms with Gasteiger partial charge in [-0.25, -0.2) is 4.79 Å². The molecule has 3 nitrogen and oxygen atoms in total. The number of carboxylic acids is 1. The summed E-state index contributed by atoms with van der Waals surface area (Å²) in [6.07, 6.45) is 0. The Hall–Kier alpha value is -1.71. The van der Waals surface area contributed by atoms with Gasteiger partial charge in [-0.1, -0.05) is 53.5 Å². The van der Waals surface area contributed by atoms with Crippen LogP contribution in [0.25, 0.3) is 0 Å². The maximum Gasteiger partial charge on any atom is 0.336 e. The summed E-state index contributed by atoms with van der Waals surface area (Å²) in [5.74, 6) is -0.763. The molecule has 0 aliphatic rings. The molecule has 0 atom stereocenters. The molecule has 2 rings (SSSR count). The highest BCUT2D eigenvalue weighted by atomic mass is 35.5. The fraction of sp³-hybridized carbons (Fsp3) is 0.133. The second-order valence-corrected chi connectivity index (χ2v) is 5.04. The molecule has 0 saturated heterocycles. The monoisotopic (exact) mass is 310 g/mol. The average molecular weight is 311 g/mol. The van der Waals surface area contributed by atoms with Crippen LogP contribution in [0.4, 0.5) is 0 Å². The highest BCUT2D eigenvalue weighted by Gasteiger charge is 2.18. The molecule has 20 heavy (non-hydrogen) atoms. The highest BCUT2D eigenvalue weighted by Crippen LogP contribution is 2.38. The first kappa shape index (κ1) is 14.7. The van der Waals surface area contributed by atoms with Gasteiger partial charge in [0.2, 0.25) is 0 Å². The molecule has 0 heterocycles. The summed E-state index contributed by atoms with van der Waals surface area (Å²) >= 11 is 12.2. The summed E-state index contributed by atoms with van der Waals surface area (Å²) < 4.78 is 5.61. The number of ether oxygens (including phenoxy) is 1. The number of aromatic carboxylic acids is 1. The van der Waals surface area contributed by atoms with Crippen LogP contribution in [-0.4, -0.2) is 11.1 Å². The van der Waals surface area contributed by atoms with E-state index in [1.165, 1.54) is 6.07 Å². The molecule has 0 radical (unpaired) electrons. The fourth-order valence-electron chi connectivity index (χ4n) is 1.78. The minimum atomic E-state index is -1.07. The highest BCUT2D eigenvalue weighted by molar-refractivity contribution is 6.38. The number of benzene rings is 2.